The smallest absolute Gasteiger partial charge is 0.385 e. The highest BCUT2D eigenvalue weighted by Gasteiger charge is 2.52. The summed E-state index contributed by atoms with van der Waals surface area (Å²) in [5.74, 6) is -0.677. The Morgan fingerprint density at radius 3 is 2.43 bits per heavy atom. The maximum absolute atomic E-state index is 13.2. The Morgan fingerprint density at radius 1 is 1.25 bits per heavy atom. The number of nitrogens with zero attached hydrogens (tertiary/aromatic N) is 1. The largest absolute Gasteiger partial charge is 0.417 e. The molecule has 1 aliphatic rings. The van der Waals surface area contributed by atoms with E-state index in [1.165, 1.54) is 13.0 Å². The fraction of sp³-hybridized carbons (Fsp3) is 0.222. The molecule has 0 saturated carbocycles. The first-order valence-electron chi connectivity index (χ1n) is 7.92. The first-order valence-corrected chi connectivity index (χ1v) is 9.50. The van der Waals surface area contributed by atoms with Crippen molar-refractivity contribution >= 4 is 56.5 Å². The van der Waals surface area contributed by atoms with Crippen molar-refractivity contribution in [3.05, 3.63) is 63.1 Å². The van der Waals surface area contributed by atoms with Crippen molar-refractivity contribution in [3.63, 3.8) is 0 Å². The average Bonchev–Trinajstić information content (AvgIpc) is 2.85. The number of rotatable bonds is 3. The van der Waals surface area contributed by atoms with Gasteiger partial charge in [-0.2, -0.15) is 13.2 Å². The molecule has 2 aromatic carbocycles. The Hall–Kier alpha value is -1.68. The highest BCUT2D eigenvalue weighted by Crippen LogP contribution is 2.39. The van der Waals surface area contributed by atoms with Crippen LogP contribution in [0.15, 0.2) is 46.9 Å². The standard InChI is InChI=1S/C18H13BrClF3N2O2S/c1-17(14(26)9-2-4-10(19)5-3-9)15(27)25(16(28)24-17)11-6-7-13(20)12(8-11)18(21,22)23/h2-8,14,26H,1H3,(H,24,28)/t14-,17-/m1/s1. The predicted molar refractivity (Wildman–Crippen MR) is 107 cm³/mol. The Bertz CT molecular complexity index is 955. The number of alkyl halides is 3. The van der Waals surface area contributed by atoms with E-state index < -0.39 is 34.3 Å². The molecule has 10 heteroatoms. The van der Waals surface area contributed by atoms with Gasteiger partial charge in [0.2, 0.25) is 0 Å². The molecule has 0 bridgehead atoms. The van der Waals surface area contributed by atoms with Crippen molar-refractivity contribution in [2.24, 2.45) is 0 Å². The first-order chi connectivity index (χ1) is 12.9. The van der Waals surface area contributed by atoms with Crippen LogP contribution in [0, 0.1) is 0 Å². The fourth-order valence-electron chi connectivity index (χ4n) is 2.92. The van der Waals surface area contributed by atoms with Crippen molar-refractivity contribution in [3.8, 4) is 0 Å². The number of aliphatic hydroxyl groups is 1. The van der Waals surface area contributed by atoms with Crippen molar-refractivity contribution in [1.82, 2.24) is 5.32 Å². The van der Waals surface area contributed by atoms with Crippen LogP contribution in [0.3, 0.4) is 0 Å². The zero-order chi connectivity index (χ0) is 20.9. The average molecular weight is 494 g/mol. The number of carbonyl (C=O) groups excluding carboxylic acids is 1. The van der Waals surface area contributed by atoms with Gasteiger partial charge in [0.05, 0.1) is 16.3 Å². The molecule has 1 aliphatic heterocycles. The number of amides is 1. The Labute approximate surface area is 177 Å². The molecule has 1 amide bonds. The molecule has 148 valence electrons. The zero-order valence-corrected chi connectivity index (χ0v) is 17.4. The summed E-state index contributed by atoms with van der Waals surface area (Å²) in [6, 6.07) is 9.73. The molecule has 1 heterocycles. The van der Waals surface area contributed by atoms with E-state index in [0.717, 1.165) is 21.5 Å². The van der Waals surface area contributed by atoms with Crippen LogP contribution in [0.4, 0.5) is 18.9 Å². The third kappa shape index (κ3) is 3.63. The van der Waals surface area contributed by atoms with Gasteiger partial charge in [-0.05, 0) is 55.0 Å². The lowest BCUT2D eigenvalue weighted by Gasteiger charge is -2.28. The minimum atomic E-state index is -4.69. The lowest BCUT2D eigenvalue weighted by atomic mass is 9.89. The molecular formula is C18H13BrClF3N2O2S. The van der Waals surface area contributed by atoms with Crippen LogP contribution in [0.1, 0.15) is 24.2 Å². The molecule has 0 aromatic heterocycles. The van der Waals surface area contributed by atoms with Gasteiger partial charge in [0.1, 0.15) is 11.6 Å². The zero-order valence-electron chi connectivity index (χ0n) is 14.2. The van der Waals surface area contributed by atoms with E-state index in [1.54, 1.807) is 24.3 Å². The number of halogens is 5. The molecule has 1 saturated heterocycles. The van der Waals surface area contributed by atoms with Gasteiger partial charge in [-0.3, -0.25) is 9.69 Å². The van der Waals surface area contributed by atoms with Crippen LogP contribution in [-0.4, -0.2) is 21.7 Å². The number of carbonyl (C=O) groups is 1. The van der Waals surface area contributed by atoms with E-state index in [-0.39, 0.29) is 10.8 Å². The van der Waals surface area contributed by atoms with E-state index in [0.29, 0.717) is 5.56 Å². The van der Waals surface area contributed by atoms with Gasteiger partial charge in [-0.15, -0.1) is 0 Å². The summed E-state index contributed by atoms with van der Waals surface area (Å²) in [5.41, 5.74) is -2.28. The van der Waals surface area contributed by atoms with Crippen LogP contribution in [0.25, 0.3) is 0 Å². The van der Waals surface area contributed by atoms with E-state index >= 15 is 0 Å². The van der Waals surface area contributed by atoms with Crippen molar-refractivity contribution in [1.29, 1.82) is 0 Å². The summed E-state index contributed by atoms with van der Waals surface area (Å²) in [7, 11) is 0. The normalized spacial score (nSPS) is 21.0. The SMILES string of the molecule is C[C@]1([C@H](O)c2ccc(Br)cc2)NC(=S)N(c2ccc(Cl)c(C(F)(F)F)c2)C1=O. The first kappa shape index (κ1) is 21.0. The van der Waals surface area contributed by atoms with Gasteiger partial charge >= 0.3 is 6.18 Å². The van der Waals surface area contributed by atoms with Crippen LogP contribution in [0.2, 0.25) is 5.02 Å². The van der Waals surface area contributed by atoms with Crippen LogP contribution < -0.4 is 10.2 Å². The number of hydrogen-bond donors (Lipinski definition) is 2. The molecule has 0 aliphatic carbocycles. The highest BCUT2D eigenvalue weighted by molar-refractivity contribution is 9.10. The second-order valence-electron chi connectivity index (χ2n) is 6.39. The minimum Gasteiger partial charge on any atom is -0.385 e. The number of anilines is 1. The number of hydrogen-bond acceptors (Lipinski definition) is 3. The maximum Gasteiger partial charge on any atom is 0.417 e. The molecule has 2 aromatic rings. The summed E-state index contributed by atoms with van der Waals surface area (Å²) in [6.45, 7) is 1.44. The molecule has 2 atom stereocenters. The van der Waals surface area contributed by atoms with E-state index in [1.807, 2.05) is 0 Å². The third-order valence-electron chi connectivity index (χ3n) is 4.46. The van der Waals surface area contributed by atoms with Gasteiger partial charge in [-0.1, -0.05) is 39.7 Å². The van der Waals surface area contributed by atoms with E-state index in [4.69, 9.17) is 23.8 Å². The van der Waals surface area contributed by atoms with E-state index in [9.17, 15) is 23.1 Å². The van der Waals surface area contributed by atoms with Crippen LogP contribution in [0.5, 0.6) is 0 Å². The molecule has 0 radical (unpaired) electrons. The topological polar surface area (TPSA) is 52.6 Å². The molecule has 0 unspecified atom stereocenters. The van der Waals surface area contributed by atoms with Gasteiger partial charge in [0, 0.05) is 4.47 Å². The Balaban J connectivity index is 1.99. The maximum atomic E-state index is 13.2. The van der Waals surface area contributed by atoms with Crippen LogP contribution >= 0.6 is 39.7 Å². The second kappa shape index (κ2) is 7.29. The molecule has 28 heavy (non-hydrogen) atoms. The molecule has 2 N–H and O–H groups in total. The molecule has 4 nitrogen and oxygen atoms in total. The summed E-state index contributed by atoms with van der Waals surface area (Å²) >= 11 is 14.1. The minimum absolute atomic E-state index is 0.0917. The Morgan fingerprint density at radius 2 is 1.86 bits per heavy atom. The van der Waals surface area contributed by atoms with Crippen molar-refractivity contribution in [2.45, 2.75) is 24.7 Å². The summed E-state index contributed by atoms with van der Waals surface area (Å²) in [6.07, 6.45) is -5.98. The summed E-state index contributed by atoms with van der Waals surface area (Å²) in [5, 5.41) is 12.9. The van der Waals surface area contributed by atoms with Gasteiger partial charge < -0.3 is 10.4 Å². The monoisotopic (exact) mass is 492 g/mol. The van der Waals surface area contributed by atoms with Crippen LogP contribution in [-0.2, 0) is 11.0 Å². The Kier molecular flexibility index (Phi) is 5.48. The number of benzene rings is 2. The molecular weight excluding hydrogens is 481 g/mol. The third-order valence-corrected chi connectivity index (χ3v) is 5.61. The quantitative estimate of drug-likeness (QED) is 0.601. The lowest BCUT2D eigenvalue weighted by molar-refractivity contribution is -0.137. The number of nitrogens with one attached hydrogen (secondary N) is 1. The second-order valence-corrected chi connectivity index (χ2v) is 8.10. The van der Waals surface area contributed by atoms with Gasteiger partial charge in [0.25, 0.3) is 5.91 Å². The van der Waals surface area contributed by atoms with Crippen molar-refractivity contribution in [2.75, 3.05) is 4.90 Å². The lowest BCUT2D eigenvalue weighted by Crippen LogP contribution is -2.49. The molecule has 3 rings (SSSR count). The van der Waals surface area contributed by atoms with Gasteiger partial charge in [-0.25, -0.2) is 0 Å². The van der Waals surface area contributed by atoms with E-state index in [2.05, 4.69) is 21.2 Å². The van der Waals surface area contributed by atoms with Gasteiger partial charge in [0.15, 0.2) is 5.11 Å². The fourth-order valence-corrected chi connectivity index (χ4v) is 3.81. The number of aliphatic hydroxyl groups excluding tert-OH is 1. The number of thiocarbonyl (C=S) groups is 1. The van der Waals surface area contributed by atoms with Crippen molar-refractivity contribution < 1.29 is 23.1 Å². The molecule has 1 fully saturated rings. The highest BCUT2D eigenvalue weighted by atomic mass is 79.9. The summed E-state index contributed by atoms with van der Waals surface area (Å²) < 4.78 is 40.3. The summed E-state index contributed by atoms with van der Waals surface area (Å²) in [4.78, 5) is 14.0. The molecule has 0 spiro atoms. The predicted octanol–water partition coefficient (Wildman–Crippen LogP) is 4.83.